The quantitative estimate of drug-likeness (QED) is 0.453. The first-order chi connectivity index (χ1) is 13.3. The largest absolute Gasteiger partial charge is 0.507 e. The Balaban J connectivity index is 1.66. The number of aryl methyl sites for hydroxylation is 1. The van der Waals surface area contributed by atoms with Crippen molar-refractivity contribution in [1.29, 1.82) is 0 Å². The van der Waals surface area contributed by atoms with Crippen molar-refractivity contribution in [3.8, 4) is 39.9 Å². The summed E-state index contributed by atoms with van der Waals surface area (Å²) in [6.07, 6.45) is -4.38. The summed E-state index contributed by atoms with van der Waals surface area (Å²) in [4.78, 5) is 7.57. The maximum atomic E-state index is 12.7. The van der Waals surface area contributed by atoms with E-state index < -0.39 is 11.7 Å². The minimum atomic E-state index is -4.38. The molecule has 0 spiro atoms. The SMILES string of the molecule is Cc1[nH]c(-c2ccc(-c3ccccc3O)o2)nc1-c1ccc(C(F)(F)F)cc1. The van der Waals surface area contributed by atoms with E-state index in [2.05, 4.69) is 9.97 Å². The van der Waals surface area contributed by atoms with Gasteiger partial charge in [-0.05, 0) is 43.3 Å². The van der Waals surface area contributed by atoms with E-state index in [1.807, 2.05) is 0 Å². The van der Waals surface area contributed by atoms with Crippen molar-refractivity contribution in [2.45, 2.75) is 13.1 Å². The molecule has 0 aliphatic carbocycles. The number of furan rings is 1. The van der Waals surface area contributed by atoms with E-state index in [-0.39, 0.29) is 5.75 Å². The van der Waals surface area contributed by atoms with Crippen molar-refractivity contribution in [2.24, 2.45) is 0 Å². The summed E-state index contributed by atoms with van der Waals surface area (Å²) in [5.74, 6) is 1.50. The van der Waals surface area contributed by atoms with Gasteiger partial charge in [-0.3, -0.25) is 0 Å². The molecule has 2 heterocycles. The molecule has 28 heavy (non-hydrogen) atoms. The minimum Gasteiger partial charge on any atom is -0.507 e. The Kier molecular flexibility index (Phi) is 4.22. The fourth-order valence-electron chi connectivity index (χ4n) is 2.97. The minimum absolute atomic E-state index is 0.101. The number of H-pyrrole nitrogens is 1. The Morgan fingerprint density at radius 2 is 1.61 bits per heavy atom. The average molecular weight is 384 g/mol. The smallest absolute Gasteiger partial charge is 0.416 e. The van der Waals surface area contributed by atoms with E-state index in [1.165, 1.54) is 12.1 Å². The van der Waals surface area contributed by atoms with Crippen LogP contribution in [0.25, 0.3) is 34.2 Å². The Morgan fingerprint density at radius 1 is 0.929 bits per heavy atom. The van der Waals surface area contributed by atoms with E-state index in [9.17, 15) is 18.3 Å². The van der Waals surface area contributed by atoms with E-state index in [1.54, 1.807) is 43.3 Å². The van der Waals surface area contributed by atoms with Gasteiger partial charge in [0, 0.05) is 11.3 Å². The number of phenols is 1. The summed E-state index contributed by atoms with van der Waals surface area (Å²) in [7, 11) is 0. The Labute approximate surface area is 158 Å². The molecule has 0 radical (unpaired) electrons. The molecule has 4 aromatic rings. The number of phenolic OH excluding ortho intramolecular Hbond substituents is 1. The number of halogens is 3. The lowest BCUT2D eigenvalue weighted by Crippen LogP contribution is -2.04. The third kappa shape index (κ3) is 3.26. The summed E-state index contributed by atoms with van der Waals surface area (Å²) < 4.78 is 44.0. The second-order valence-electron chi connectivity index (χ2n) is 6.32. The molecule has 142 valence electrons. The lowest BCUT2D eigenvalue weighted by atomic mass is 10.1. The van der Waals surface area contributed by atoms with Crippen LogP contribution in [-0.4, -0.2) is 15.1 Å². The first kappa shape index (κ1) is 17.9. The molecule has 4 rings (SSSR count). The summed E-state index contributed by atoms with van der Waals surface area (Å²) in [5, 5.41) is 9.96. The van der Waals surface area contributed by atoms with Crippen LogP contribution in [0, 0.1) is 6.92 Å². The molecular weight excluding hydrogens is 369 g/mol. The molecule has 4 nitrogen and oxygen atoms in total. The van der Waals surface area contributed by atoms with Crippen LogP contribution < -0.4 is 0 Å². The number of nitrogens with one attached hydrogen (secondary N) is 1. The summed E-state index contributed by atoms with van der Waals surface area (Å²) in [5.41, 5.74) is 1.67. The number of nitrogens with zero attached hydrogens (tertiary/aromatic N) is 1. The second-order valence-corrected chi connectivity index (χ2v) is 6.32. The predicted octanol–water partition coefficient (Wildman–Crippen LogP) is 6.04. The van der Waals surface area contributed by atoms with Crippen molar-refractivity contribution in [3.05, 3.63) is 71.9 Å². The zero-order valence-corrected chi connectivity index (χ0v) is 14.7. The highest BCUT2D eigenvalue weighted by Crippen LogP contribution is 2.35. The van der Waals surface area contributed by atoms with Crippen LogP contribution in [0.2, 0.25) is 0 Å². The van der Waals surface area contributed by atoms with Crippen LogP contribution in [0.1, 0.15) is 11.3 Å². The Hall–Kier alpha value is -3.48. The maximum absolute atomic E-state index is 12.7. The van der Waals surface area contributed by atoms with Gasteiger partial charge in [0.1, 0.15) is 11.5 Å². The van der Waals surface area contributed by atoms with Crippen LogP contribution in [0.15, 0.2) is 65.1 Å². The van der Waals surface area contributed by atoms with Crippen LogP contribution in [-0.2, 0) is 6.18 Å². The number of aromatic amines is 1. The highest BCUT2D eigenvalue weighted by atomic mass is 19.4. The second kappa shape index (κ2) is 6.60. The molecule has 0 aliphatic rings. The molecule has 7 heteroatoms. The van der Waals surface area contributed by atoms with Crippen molar-refractivity contribution in [3.63, 3.8) is 0 Å². The van der Waals surface area contributed by atoms with Gasteiger partial charge in [0.25, 0.3) is 0 Å². The number of hydrogen-bond donors (Lipinski definition) is 2. The molecular formula is C21H15F3N2O2. The number of aromatic nitrogens is 2. The number of alkyl halides is 3. The van der Waals surface area contributed by atoms with Crippen molar-refractivity contribution >= 4 is 0 Å². The zero-order chi connectivity index (χ0) is 19.9. The van der Waals surface area contributed by atoms with Crippen LogP contribution in [0.5, 0.6) is 5.75 Å². The number of rotatable bonds is 3. The Bertz CT molecular complexity index is 1130. The normalized spacial score (nSPS) is 11.7. The summed E-state index contributed by atoms with van der Waals surface area (Å²) >= 11 is 0. The molecule has 0 saturated heterocycles. The molecule has 0 bridgehead atoms. The predicted molar refractivity (Wildman–Crippen MR) is 98.6 cm³/mol. The van der Waals surface area contributed by atoms with Gasteiger partial charge in [-0.15, -0.1) is 0 Å². The molecule has 0 amide bonds. The van der Waals surface area contributed by atoms with Gasteiger partial charge >= 0.3 is 6.18 Å². The highest BCUT2D eigenvalue weighted by Gasteiger charge is 2.30. The number of benzene rings is 2. The number of para-hydroxylation sites is 1. The van der Waals surface area contributed by atoms with Crippen molar-refractivity contribution in [1.82, 2.24) is 9.97 Å². The van der Waals surface area contributed by atoms with Crippen LogP contribution >= 0.6 is 0 Å². The molecule has 0 fully saturated rings. The maximum Gasteiger partial charge on any atom is 0.416 e. The van der Waals surface area contributed by atoms with E-state index in [4.69, 9.17) is 4.42 Å². The molecule has 0 atom stereocenters. The summed E-state index contributed by atoms with van der Waals surface area (Å²) in [6.45, 7) is 1.79. The number of hydrogen-bond acceptors (Lipinski definition) is 3. The number of imidazole rings is 1. The molecule has 2 aromatic heterocycles. The molecule has 0 saturated carbocycles. The lowest BCUT2D eigenvalue weighted by molar-refractivity contribution is -0.137. The first-order valence-corrected chi connectivity index (χ1v) is 8.46. The third-order valence-corrected chi connectivity index (χ3v) is 4.38. The Morgan fingerprint density at radius 3 is 2.29 bits per heavy atom. The first-order valence-electron chi connectivity index (χ1n) is 8.46. The topological polar surface area (TPSA) is 62.0 Å². The van der Waals surface area contributed by atoms with Crippen molar-refractivity contribution in [2.75, 3.05) is 0 Å². The van der Waals surface area contributed by atoms with Crippen LogP contribution in [0.3, 0.4) is 0 Å². The lowest BCUT2D eigenvalue weighted by Gasteiger charge is -2.06. The zero-order valence-electron chi connectivity index (χ0n) is 14.7. The average Bonchev–Trinajstić information content (AvgIpc) is 3.28. The highest BCUT2D eigenvalue weighted by molar-refractivity contribution is 5.69. The fourth-order valence-corrected chi connectivity index (χ4v) is 2.97. The molecule has 2 N–H and O–H groups in total. The van der Waals surface area contributed by atoms with Gasteiger partial charge < -0.3 is 14.5 Å². The van der Waals surface area contributed by atoms with Gasteiger partial charge in [0.05, 0.1) is 16.8 Å². The van der Waals surface area contributed by atoms with Crippen molar-refractivity contribution < 1.29 is 22.7 Å². The standard InChI is InChI=1S/C21H15F3N2O2/c1-12-19(13-6-8-14(9-7-13)21(22,23)24)26-20(25-12)18-11-10-17(28-18)15-4-2-3-5-16(15)27/h2-11,27H,1H3,(H,25,26). The van der Waals surface area contributed by atoms with E-state index >= 15 is 0 Å². The molecule has 0 aliphatic heterocycles. The van der Waals surface area contributed by atoms with Gasteiger partial charge in [-0.25, -0.2) is 4.98 Å². The molecule has 0 unspecified atom stereocenters. The van der Waals surface area contributed by atoms with Gasteiger partial charge in [-0.1, -0.05) is 24.3 Å². The van der Waals surface area contributed by atoms with Gasteiger partial charge in [0.2, 0.25) is 0 Å². The molecule has 2 aromatic carbocycles. The fraction of sp³-hybridized carbons (Fsp3) is 0.0952. The number of aromatic hydroxyl groups is 1. The van der Waals surface area contributed by atoms with Gasteiger partial charge in [-0.2, -0.15) is 13.2 Å². The third-order valence-electron chi connectivity index (χ3n) is 4.38. The van der Waals surface area contributed by atoms with E-state index in [0.717, 1.165) is 12.1 Å². The van der Waals surface area contributed by atoms with Gasteiger partial charge in [0.15, 0.2) is 11.6 Å². The monoisotopic (exact) mass is 384 g/mol. The van der Waals surface area contributed by atoms with E-state index in [0.29, 0.717) is 39.9 Å². The van der Waals surface area contributed by atoms with Crippen LogP contribution in [0.4, 0.5) is 13.2 Å². The summed E-state index contributed by atoms with van der Waals surface area (Å²) in [6, 6.07) is 15.1.